The van der Waals surface area contributed by atoms with Crippen LogP contribution in [0.2, 0.25) is 0 Å². The molecule has 1 aromatic rings. The zero-order chi connectivity index (χ0) is 15.2. The van der Waals surface area contributed by atoms with Gasteiger partial charge >= 0.3 is 0 Å². The number of allylic oxidation sites excluding steroid dienone is 2. The van der Waals surface area contributed by atoms with Gasteiger partial charge in [0.25, 0.3) is 0 Å². The number of pyridine rings is 1. The van der Waals surface area contributed by atoms with E-state index >= 15 is 0 Å². The molecule has 2 heterocycles. The molecule has 0 bridgehead atoms. The monoisotopic (exact) mass is 315 g/mol. The Morgan fingerprint density at radius 3 is 3.00 bits per heavy atom. The second kappa shape index (κ2) is 6.08. The van der Waals surface area contributed by atoms with Gasteiger partial charge in [-0.15, -0.1) is 0 Å². The molecule has 0 amide bonds. The van der Waals surface area contributed by atoms with Gasteiger partial charge in [0.05, 0.1) is 5.69 Å². The van der Waals surface area contributed by atoms with E-state index in [9.17, 15) is 4.79 Å². The van der Waals surface area contributed by atoms with Crippen LogP contribution in [0, 0.1) is 0 Å². The highest BCUT2D eigenvalue weighted by Crippen LogP contribution is 2.40. The predicted molar refractivity (Wildman–Crippen MR) is 96.1 cm³/mol. The van der Waals surface area contributed by atoms with Crippen LogP contribution in [0.15, 0.2) is 23.9 Å². The molecule has 4 nitrogen and oxygen atoms in total. The Balaban J connectivity index is 0.00000104. The van der Waals surface area contributed by atoms with Crippen LogP contribution in [0.3, 0.4) is 0 Å². The third kappa shape index (κ3) is 3.05. The van der Waals surface area contributed by atoms with Crippen LogP contribution >= 0.6 is 0 Å². The molecule has 3 aliphatic rings. The summed E-state index contributed by atoms with van der Waals surface area (Å²) in [7, 11) is 0. The number of nitrogens with one attached hydrogen (secondary N) is 1. The van der Waals surface area contributed by atoms with Gasteiger partial charge in [0.2, 0.25) is 0 Å². The highest BCUT2D eigenvalue weighted by atomic mass is 16.1. The number of rotatable bonds is 2. The predicted octanol–water partition coefficient (Wildman–Crippen LogP) is 2.91. The number of nitrogens with zero attached hydrogens (tertiary/aromatic N) is 2. The summed E-state index contributed by atoms with van der Waals surface area (Å²) in [4.78, 5) is 18.8. The van der Waals surface area contributed by atoms with Crippen LogP contribution in [0.25, 0.3) is 0 Å². The molecular weight excluding hydrogens is 286 g/mol. The molecule has 1 aromatic heterocycles. The van der Waals surface area contributed by atoms with E-state index in [0.717, 1.165) is 43.7 Å². The van der Waals surface area contributed by atoms with Crippen molar-refractivity contribution in [3.8, 4) is 0 Å². The summed E-state index contributed by atoms with van der Waals surface area (Å²) in [6, 6.07) is 2.17. The fourth-order valence-electron chi connectivity index (χ4n) is 3.80. The summed E-state index contributed by atoms with van der Waals surface area (Å²) in [6.07, 6.45) is 9.24. The average molecular weight is 315 g/mol. The Labute approximate surface area is 140 Å². The fraction of sp³-hybridized carbons (Fsp3) is 0.579. The second-order valence-corrected chi connectivity index (χ2v) is 6.88. The molecule has 4 rings (SSSR count). The van der Waals surface area contributed by atoms with Crippen molar-refractivity contribution in [3.05, 3.63) is 35.2 Å². The molecule has 1 aliphatic heterocycles. The van der Waals surface area contributed by atoms with Crippen LogP contribution < -0.4 is 10.2 Å². The maximum Gasteiger partial charge on any atom is 0.155 e. The van der Waals surface area contributed by atoms with Crippen molar-refractivity contribution in [1.29, 1.82) is 0 Å². The van der Waals surface area contributed by atoms with Crippen molar-refractivity contribution in [2.45, 2.75) is 52.0 Å². The minimum Gasteiger partial charge on any atom is -0.368 e. The van der Waals surface area contributed by atoms with Crippen LogP contribution in [-0.2, 0) is 17.6 Å². The summed E-state index contributed by atoms with van der Waals surface area (Å²) in [6.45, 7) is 4.89. The second-order valence-electron chi connectivity index (χ2n) is 6.88. The number of hydrogen-bond donors (Lipinski definition) is 1. The first-order valence-corrected chi connectivity index (χ1v) is 8.34. The van der Waals surface area contributed by atoms with Crippen molar-refractivity contribution in [2.24, 2.45) is 0 Å². The van der Waals surface area contributed by atoms with Crippen LogP contribution in [0.5, 0.6) is 0 Å². The molecule has 0 aromatic carbocycles. The molecule has 1 N–H and O–H groups in total. The summed E-state index contributed by atoms with van der Waals surface area (Å²) < 4.78 is 0. The molecule has 23 heavy (non-hydrogen) atoms. The number of fused-ring (bicyclic) bond motifs is 1. The number of piperazine rings is 1. The van der Waals surface area contributed by atoms with Crippen molar-refractivity contribution in [1.82, 2.24) is 10.3 Å². The lowest BCUT2D eigenvalue weighted by Crippen LogP contribution is -2.52. The molecule has 2 aliphatic carbocycles. The van der Waals surface area contributed by atoms with Gasteiger partial charge in [0.15, 0.2) is 5.78 Å². The van der Waals surface area contributed by atoms with Gasteiger partial charge < -0.3 is 10.2 Å². The van der Waals surface area contributed by atoms with Crippen LogP contribution in [0.4, 0.5) is 5.69 Å². The summed E-state index contributed by atoms with van der Waals surface area (Å²) >= 11 is 0. The van der Waals surface area contributed by atoms with E-state index in [0.29, 0.717) is 12.0 Å². The maximum absolute atomic E-state index is 11.7. The Hall–Kier alpha value is -1.68. The third-order valence-corrected chi connectivity index (χ3v) is 5.28. The lowest BCUT2D eigenvalue weighted by molar-refractivity contribution is -0.113. The van der Waals surface area contributed by atoms with E-state index in [1.165, 1.54) is 24.1 Å². The number of aromatic nitrogens is 1. The molecular formula is C19H29N3O. The highest BCUT2D eigenvalue weighted by Gasteiger charge is 2.45. The van der Waals surface area contributed by atoms with Gasteiger partial charge in [0.1, 0.15) is 0 Å². The number of ketones is 1. The van der Waals surface area contributed by atoms with Gasteiger partial charge in [-0.05, 0) is 49.8 Å². The van der Waals surface area contributed by atoms with Crippen molar-refractivity contribution in [3.63, 3.8) is 0 Å². The molecule has 0 radical (unpaired) electrons. The van der Waals surface area contributed by atoms with Gasteiger partial charge in [-0.3, -0.25) is 9.78 Å². The normalized spacial score (nSPS) is 21.8. The van der Waals surface area contributed by atoms with Crippen molar-refractivity contribution in [2.75, 3.05) is 24.5 Å². The standard InChI is InChI=1S/C18H23N3O.CH4.H2/c1-13(22)14-3-2-4-15-16(11-14)19-8-5-17(15)21-10-9-20-18(12-21)6-7-18;;/h3,5,8,20H,2,4,6-7,9-12H2,1H3;1H4;1H. The molecule has 0 unspecified atom stereocenters. The number of hydrogen-bond acceptors (Lipinski definition) is 4. The van der Waals surface area contributed by atoms with Crippen molar-refractivity contribution < 1.29 is 6.22 Å². The number of carbonyl (C=O) groups is 1. The van der Waals surface area contributed by atoms with Gasteiger partial charge in [-0.1, -0.05) is 13.5 Å². The summed E-state index contributed by atoms with van der Waals surface area (Å²) in [5.74, 6) is 0.180. The molecule has 4 heteroatoms. The summed E-state index contributed by atoms with van der Waals surface area (Å²) in [5.41, 5.74) is 5.09. The highest BCUT2D eigenvalue weighted by molar-refractivity contribution is 5.93. The molecule has 1 saturated carbocycles. The Bertz CT molecular complexity index is 652. The van der Waals surface area contributed by atoms with E-state index in [-0.39, 0.29) is 14.6 Å². The Kier molecular flexibility index (Phi) is 4.28. The smallest absolute Gasteiger partial charge is 0.155 e. The van der Waals surface area contributed by atoms with E-state index in [2.05, 4.69) is 27.3 Å². The Morgan fingerprint density at radius 1 is 1.43 bits per heavy atom. The Morgan fingerprint density at radius 2 is 2.26 bits per heavy atom. The molecule has 0 atom stereocenters. The zero-order valence-electron chi connectivity index (χ0n) is 13.2. The van der Waals surface area contributed by atoms with E-state index < -0.39 is 0 Å². The minimum absolute atomic E-state index is 0. The van der Waals surface area contributed by atoms with Gasteiger partial charge in [0, 0.05) is 44.9 Å². The van der Waals surface area contributed by atoms with E-state index in [1.54, 1.807) is 6.92 Å². The van der Waals surface area contributed by atoms with E-state index in [4.69, 9.17) is 0 Å². The fourth-order valence-corrected chi connectivity index (χ4v) is 3.80. The minimum atomic E-state index is 0. The van der Waals surface area contributed by atoms with Crippen molar-refractivity contribution >= 4 is 11.5 Å². The van der Waals surface area contributed by atoms with Gasteiger partial charge in [-0.2, -0.15) is 0 Å². The first kappa shape index (κ1) is 16.2. The topological polar surface area (TPSA) is 45.2 Å². The first-order valence-electron chi connectivity index (χ1n) is 8.34. The first-order chi connectivity index (χ1) is 10.7. The summed E-state index contributed by atoms with van der Waals surface area (Å²) in [5, 5.41) is 3.67. The van der Waals surface area contributed by atoms with Crippen LogP contribution in [-0.4, -0.2) is 35.9 Å². The van der Waals surface area contributed by atoms with Gasteiger partial charge in [-0.25, -0.2) is 0 Å². The lowest BCUT2D eigenvalue weighted by atomic mass is 10.0. The molecule has 1 saturated heterocycles. The SMILES string of the molecule is C.CC(=O)C1=CCCc2c(N3CCNC4(CC4)C3)ccnc2C1.[HH]. The average Bonchev–Trinajstić information content (AvgIpc) is 3.29. The number of Topliss-reactive ketones (excluding diaryl/α,β-unsaturated/α-hetero) is 1. The molecule has 126 valence electrons. The third-order valence-electron chi connectivity index (χ3n) is 5.28. The quantitative estimate of drug-likeness (QED) is 0.911. The maximum atomic E-state index is 11.7. The number of anilines is 1. The van der Waals surface area contributed by atoms with E-state index in [1.807, 2.05) is 6.20 Å². The number of carbonyl (C=O) groups excluding carboxylic acids is 1. The lowest BCUT2D eigenvalue weighted by Gasteiger charge is -2.37. The largest absolute Gasteiger partial charge is 0.368 e. The molecule has 2 fully saturated rings. The molecule has 1 spiro atoms. The zero-order valence-corrected chi connectivity index (χ0v) is 13.2. The van der Waals surface area contributed by atoms with Crippen LogP contribution in [0.1, 0.15) is 46.3 Å².